The largest absolute Gasteiger partial charge is 0.356 e. The summed E-state index contributed by atoms with van der Waals surface area (Å²) in [5.41, 5.74) is 3.16. The van der Waals surface area contributed by atoms with Gasteiger partial charge in [0.25, 0.3) is 5.91 Å². The monoisotopic (exact) mass is 376 g/mol. The fourth-order valence-electron chi connectivity index (χ4n) is 3.88. The number of thiazole rings is 1. The van der Waals surface area contributed by atoms with E-state index in [1.54, 1.807) is 23.6 Å². The molecule has 5 nitrogen and oxygen atoms in total. The third-order valence-electron chi connectivity index (χ3n) is 5.38. The van der Waals surface area contributed by atoms with Crippen molar-refractivity contribution in [2.24, 2.45) is 0 Å². The van der Waals surface area contributed by atoms with Crippen LogP contribution in [0.25, 0.3) is 0 Å². The molecule has 3 aromatic rings. The molecule has 0 saturated carbocycles. The second-order valence-corrected chi connectivity index (χ2v) is 7.97. The summed E-state index contributed by atoms with van der Waals surface area (Å²) in [7, 11) is 0. The summed E-state index contributed by atoms with van der Waals surface area (Å²) in [6.45, 7) is 3.35. The first-order chi connectivity index (χ1) is 13.1. The van der Waals surface area contributed by atoms with Crippen LogP contribution in [0.4, 0.5) is 0 Å². The summed E-state index contributed by atoms with van der Waals surface area (Å²) < 4.78 is 0. The van der Waals surface area contributed by atoms with E-state index in [2.05, 4.69) is 40.7 Å². The minimum absolute atomic E-state index is 0.0485. The van der Waals surface area contributed by atoms with Gasteiger partial charge in [-0.2, -0.15) is 5.26 Å². The maximum atomic E-state index is 12.8. The van der Waals surface area contributed by atoms with Gasteiger partial charge in [-0.15, -0.1) is 11.3 Å². The number of likely N-dealkylation sites (tertiary alicyclic amines) is 1. The van der Waals surface area contributed by atoms with Crippen LogP contribution in [-0.4, -0.2) is 33.9 Å². The van der Waals surface area contributed by atoms with E-state index in [1.165, 1.54) is 5.56 Å². The van der Waals surface area contributed by atoms with Gasteiger partial charge in [0.1, 0.15) is 11.8 Å². The quantitative estimate of drug-likeness (QED) is 0.754. The molecule has 1 aliphatic rings. The Hall–Kier alpha value is -2.91. The van der Waals surface area contributed by atoms with Crippen LogP contribution in [0.1, 0.15) is 45.2 Å². The zero-order valence-corrected chi connectivity index (χ0v) is 15.9. The van der Waals surface area contributed by atoms with Gasteiger partial charge in [0.15, 0.2) is 0 Å². The van der Waals surface area contributed by atoms with Crippen molar-refractivity contribution in [1.29, 1.82) is 5.26 Å². The number of hydrogen-bond donors (Lipinski definition) is 1. The number of amides is 1. The van der Waals surface area contributed by atoms with Crippen LogP contribution in [0.3, 0.4) is 0 Å². The van der Waals surface area contributed by atoms with Crippen molar-refractivity contribution in [1.82, 2.24) is 14.9 Å². The Bertz CT molecular complexity index is 991. The SMILES string of the molecule is Cc1nc(C2(c3ccccc3)CCN(C(=O)c3cc(C#N)c[nH]3)CC2)cs1. The molecule has 1 fully saturated rings. The van der Waals surface area contributed by atoms with Crippen molar-refractivity contribution >= 4 is 17.2 Å². The molecular weight excluding hydrogens is 356 g/mol. The fraction of sp³-hybridized carbons (Fsp3) is 0.286. The molecule has 6 heteroatoms. The van der Waals surface area contributed by atoms with Crippen molar-refractivity contribution in [3.8, 4) is 6.07 Å². The third kappa shape index (κ3) is 3.15. The molecular formula is C21H20N4OS. The molecule has 1 saturated heterocycles. The fourth-order valence-corrected chi connectivity index (χ4v) is 4.59. The van der Waals surface area contributed by atoms with Gasteiger partial charge in [-0.05, 0) is 31.4 Å². The van der Waals surface area contributed by atoms with E-state index in [0.717, 1.165) is 23.5 Å². The summed E-state index contributed by atoms with van der Waals surface area (Å²) in [6, 6.07) is 14.2. The molecule has 0 radical (unpaired) electrons. The Morgan fingerprint density at radius 3 is 2.63 bits per heavy atom. The molecule has 2 aromatic heterocycles. The predicted octanol–water partition coefficient (Wildman–Crippen LogP) is 3.87. The van der Waals surface area contributed by atoms with Crippen molar-refractivity contribution in [2.75, 3.05) is 13.1 Å². The van der Waals surface area contributed by atoms with Crippen molar-refractivity contribution < 1.29 is 4.79 Å². The zero-order chi connectivity index (χ0) is 18.9. The van der Waals surface area contributed by atoms with Crippen molar-refractivity contribution in [3.63, 3.8) is 0 Å². The van der Waals surface area contributed by atoms with E-state index in [1.807, 2.05) is 17.9 Å². The van der Waals surface area contributed by atoms with Crippen molar-refractivity contribution in [2.45, 2.75) is 25.2 Å². The minimum Gasteiger partial charge on any atom is -0.356 e. The summed E-state index contributed by atoms with van der Waals surface area (Å²) in [4.78, 5) is 22.4. The molecule has 0 spiro atoms. The molecule has 27 heavy (non-hydrogen) atoms. The Morgan fingerprint density at radius 2 is 2.04 bits per heavy atom. The van der Waals surface area contributed by atoms with Gasteiger partial charge in [0.2, 0.25) is 0 Å². The van der Waals surface area contributed by atoms with Crippen LogP contribution < -0.4 is 0 Å². The van der Waals surface area contributed by atoms with E-state index in [0.29, 0.717) is 24.3 Å². The predicted molar refractivity (Wildman–Crippen MR) is 105 cm³/mol. The van der Waals surface area contributed by atoms with Gasteiger partial charge in [-0.3, -0.25) is 4.79 Å². The highest BCUT2D eigenvalue weighted by molar-refractivity contribution is 7.09. The lowest BCUT2D eigenvalue weighted by Crippen LogP contribution is -2.46. The molecule has 1 N–H and O–H groups in total. The number of carbonyl (C=O) groups is 1. The van der Waals surface area contributed by atoms with Crippen LogP contribution in [0.15, 0.2) is 48.0 Å². The molecule has 0 atom stereocenters. The maximum Gasteiger partial charge on any atom is 0.270 e. The highest BCUT2D eigenvalue weighted by Crippen LogP contribution is 2.42. The number of nitrogens with zero attached hydrogens (tertiary/aromatic N) is 3. The summed E-state index contributed by atoms with van der Waals surface area (Å²) in [5.74, 6) is -0.0485. The van der Waals surface area contributed by atoms with Gasteiger partial charge in [-0.1, -0.05) is 30.3 Å². The molecule has 1 aromatic carbocycles. The number of aromatic nitrogens is 2. The molecule has 1 amide bonds. The summed E-state index contributed by atoms with van der Waals surface area (Å²) >= 11 is 1.67. The average Bonchev–Trinajstić information content (AvgIpc) is 3.37. The average molecular weight is 376 g/mol. The number of carbonyl (C=O) groups excluding carboxylic acids is 1. The van der Waals surface area contributed by atoms with Crippen LogP contribution in [-0.2, 0) is 5.41 Å². The Morgan fingerprint density at radius 1 is 1.30 bits per heavy atom. The number of rotatable bonds is 3. The number of benzene rings is 1. The number of hydrogen-bond acceptors (Lipinski definition) is 4. The lowest BCUT2D eigenvalue weighted by molar-refractivity contribution is 0.0679. The first kappa shape index (κ1) is 17.5. The van der Waals surface area contributed by atoms with Gasteiger partial charge in [0.05, 0.1) is 16.3 Å². The summed E-state index contributed by atoms with van der Waals surface area (Å²) in [5, 5.41) is 12.2. The number of nitriles is 1. The van der Waals surface area contributed by atoms with Gasteiger partial charge in [0, 0.05) is 30.1 Å². The lowest BCUT2D eigenvalue weighted by Gasteiger charge is -2.41. The number of aryl methyl sites for hydroxylation is 1. The van der Waals surface area contributed by atoms with Crippen LogP contribution >= 0.6 is 11.3 Å². The maximum absolute atomic E-state index is 12.8. The van der Waals surface area contributed by atoms with Crippen LogP contribution in [0, 0.1) is 18.3 Å². The highest BCUT2D eigenvalue weighted by atomic mass is 32.1. The molecule has 1 aliphatic heterocycles. The van der Waals surface area contributed by atoms with Crippen LogP contribution in [0.2, 0.25) is 0 Å². The second kappa shape index (κ2) is 7.01. The third-order valence-corrected chi connectivity index (χ3v) is 6.16. The van der Waals surface area contributed by atoms with E-state index in [9.17, 15) is 4.79 Å². The topological polar surface area (TPSA) is 72.8 Å². The van der Waals surface area contributed by atoms with E-state index in [4.69, 9.17) is 10.2 Å². The smallest absolute Gasteiger partial charge is 0.270 e. The number of nitrogens with one attached hydrogen (secondary N) is 1. The minimum atomic E-state index is -0.156. The normalized spacial score (nSPS) is 16.1. The molecule has 0 aliphatic carbocycles. The molecule has 0 unspecified atom stereocenters. The van der Waals surface area contributed by atoms with Gasteiger partial charge in [-0.25, -0.2) is 4.98 Å². The van der Waals surface area contributed by atoms with E-state index in [-0.39, 0.29) is 11.3 Å². The highest BCUT2D eigenvalue weighted by Gasteiger charge is 2.40. The summed E-state index contributed by atoms with van der Waals surface area (Å²) in [6.07, 6.45) is 3.24. The van der Waals surface area contributed by atoms with E-state index >= 15 is 0 Å². The van der Waals surface area contributed by atoms with Gasteiger partial charge >= 0.3 is 0 Å². The van der Waals surface area contributed by atoms with Crippen molar-refractivity contribution in [3.05, 3.63) is 75.5 Å². The Labute approximate surface area is 162 Å². The lowest BCUT2D eigenvalue weighted by atomic mass is 9.70. The number of piperidine rings is 1. The molecule has 0 bridgehead atoms. The molecule has 4 rings (SSSR count). The number of aromatic amines is 1. The Kier molecular flexibility index (Phi) is 4.54. The Balaban J connectivity index is 1.60. The zero-order valence-electron chi connectivity index (χ0n) is 15.1. The molecule has 3 heterocycles. The first-order valence-electron chi connectivity index (χ1n) is 8.98. The van der Waals surface area contributed by atoms with Gasteiger partial charge < -0.3 is 9.88 Å². The first-order valence-corrected chi connectivity index (χ1v) is 9.86. The molecule has 136 valence electrons. The standard InChI is InChI=1S/C21H20N4OS/c1-15-24-19(14-27-15)21(17-5-3-2-4-6-17)7-9-25(10-8-21)20(26)18-11-16(12-22)13-23-18/h2-6,11,13-14,23H,7-10H2,1H3. The second-order valence-electron chi connectivity index (χ2n) is 6.91. The number of H-pyrrole nitrogens is 1. The van der Waals surface area contributed by atoms with E-state index < -0.39 is 0 Å². The van der Waals surface area contributed by atoms with Crippen LogP contribution in [0.5, 0.6) is 0 Å².